The van der Waals surface area contributed by atoms with Crippen LogP contribution in [0.2, 0.25) is 0 Å². The van der Waals surface area contributed by atoms with Crippen molar-refractivity contribution in [2.45, 2.75) is 4.90 Å². The standard InChI is InChI=1S/C20H14OS/c21-20-17(13-22-19-8-4-3-7-18(19)20)12-14-9-10-15-5-1-2-6-16(15)11-14/h1-12H,13H2/b17-12-. The average Bonchev–Trinajstić information content (AvgIpc) is 2.57. The van der Waals surface area contributed by atoms with Gasteiger partial charge in [-0.2, -0.15) is 0 Å². The van der Waals surface area contributed by atoms with Crippen LogP contribution in [0.15, 0.2) is 77.2 Å². The lowest BCUT2D eigenvalue weighted by Crippen LogP contribution is -2.11. The molecule has 0 amide bonds. The van der Waals surface area contributed by atoms with E-state index in [4.69, 9.17) is 0 Å². The van der Waals surface area contributed by atoms with Crippen molar-refractivity contribution in [1.82, 2.24) is 0 Å². The number of thioether (sulfide) groups is 1. The average molecular weight is 302 g/mol. The molecule has 106 valence electrons. The summed E-state index contributed by atoms with van der Waals surface area (Å²) in [4.78, 5) is 13.7. The van der Waals surface area contributed by atoms with Crippen LogP contribution in [0, 0.1) is 0 Å². The first-order valence-corrected chi connectivity index (χ1v) is 8.26. The van der Waals surface area contributed by atoms with Gasteiger partial charge < -0.3 is 0 Å². The highest BCUT2D eigenvalue weighted by Crippen LogP contribution is 2.33. The number of ketones is 1. The second kappa shape index (κ2) is 5.47. The molecule has 1 nitrogen and oxygen atoms in total. The quantitative estimate of drug-likeness (QED) is 0.574. The minimum Gasteiger partial charge on any atom is -0.289 e. The van der Waals surface area contributed by atoms with Crippen molar-refractivity contribution in [3.8, 4) is 0 Å². The van der Waals surface area contributed by atoms with E-state index in [0.29, 0.717) is 0 Å². The maximum absolute atomic E-state index is 12.6. The number of Topliss-reactive ketones (excluding diaryl/α,β-unsaturated/α-hetero) is 1. The Hall–Kier alpha value is -2.32. The van der Waals surface area contributed by atoms with Gasteiger partial charge in [-0.1, -0.05) is 48.5 Å². The first kappa shape index (κ1) is 13.4. The lowest BCUT2D eigenvalue weighted by molar-refractivity contribution is 0.103. The van der Waals surface area contributed by atoms with Crippen molar-refractivity contribution in [2.24, 2.45) is 0 Å². The van der Waals surface area contributed by atoms with E-state index < -0.39 is 0 Å². The van der Waals surface area contributed by atoms with E-state index in [1.54, 1.807) is 11.8 Å². The van der Waals surface area contributed by atoms with Crippen molar-refractivity contribution < 1.29 is 4.79 Å². The van der Waals surface area contributed by atoms with E-state index in [-0.39, 0.29) is 5.78 Å². The number of rotatable bonds is 1. The summed E-state index contributed by atoms with van der Waals surface area (Å²) in [5.41, 5.74) is 2.78. The summed E-state index contributed by atoms with van der Waals surface area (Å²) in [5, 5.41) is 2.42. The van der Waals surface area contributed by atoms with Crippen molar-refractivity contribution in [1.29, 1.82) is 0 Å². The molecule has 3 aromatic rings. The summed E-state index contributed by atoms with van der Waals surface area (Å²) in [6.07, 6.45) is 2.03. The highest BCUT2D eigenvalue weighted by atomic mass is 32.2. The topological polar surface area (TPSA) is 17.1 Å². The van der Waals surface area contributed by atoms with Crippen molar-refractivity contribution >= 4 is 34.4 Å². The monoisotopic (exact) mass is 302 g/mol. The molecule has 0 radical (unpaired) electrons. The number of benzene rings is 3. The Labute approximate surface area is 133 Å². The van der Waals surface area contributed by atoms with Crippen LogP contribution in [-0.2, 0) is 0 Å². The van der Waals surface area contributed by atoms with Gasteiger partial charge in [0.15, 0.2) is 5.78 Å². The van der Waals surface area contributed by atoms with Gasteiger partial charge in [-0.3, -0.25) is 4.79 Å². The van der Waals surface area contributed by atoms with Gasteiger partial charge in [0.25, 0.3) is 0 Å². The number of hydrogen-bond donors (Lipinski definition) is 0. The molecular formula is C20H14OS. The molecule has 0 bridgehead atoms. The molecule has 3 aromatic carbocycles. The Morgan fingerprint density at radius 3 is 2.55 bits per heavy atom. The summed E-state index contributed by atoms with van der Waals surface area (Å²) in [6.45, 7) is 0. The smallest absolute Gasteiger partial charge is 0.191 e. The van der Waals surface area contributed by atoms with Gasteiger partial charge in [0, 0.05) is 21.8 Å². The molecule has 0 fully saturated rings. The summed E-state index contributed by atoms with van der Waals surface area (Å²) in [5.74, 6) is 0.894. The zero-order chi connectivity index (χ0) is 14.9. The Balaban J connectivity index is 1.74. The predicted molar refractivity (Wildman–Crippen MR) is 93.4 cm³/mol. The molecule has 22 heavy (non-hydrogen) atoms. The van der Waals surface area contributed by atoms with Crippen LogP contribution in [-0.4, -0.2) is 11.5 Å². The lowest BCUT2D eigenvalue weighted by atomic mass is 10.00. The number of fused-ring (bicyclic) bond motifs is 2. The minimum atomic E-state index is 0.155. The van der Waals surface area contributed by atoms with E-state index in [2.05, 4.69) is 30.3 Å². The molecule has 0 aromatic heterocycles. The van der Waals surface area contributed by atoms with Gasteiger partial charge in [0.05, 0.1) is 0 Å². The third-order valence-corrected chi connectivity index (χ3v) is 5.04. The lowest BCUT2D eigenvalue weighted by Gasteiger charge is -2.16. The molecule has 2 heteroatoms. The Kier molecular flexibility index (Phi) is 3.32. The van der Waals surface area contributed by atoms with E-state index in [1.807, 2.05) is 42.5 Å². The molecular weight excluding hydrogens is 288 g/mol. The van der Waals surface area contributed by atoms with E-state index in [9.17, 15) is 4.79 Å². The first-order valence-electron chi connectivity index (χ1n) is 7.27. The van der Waals surface area contributed by atoms with Crippen LogP contribution < -0.4 is 0 Å². The summed E-state index contributed by atoms with van der Waals surface area (Å²) in [7, 11) is 0. The van der Waals surface area contributed by atoms with Gasteiger partial charge in [-0.15, -0.1) is 11.8 Å². The Morgan fingerprint density at radius 2 is 1.64 bits per heavy atom. The van der Waals surface area contributed by atoms with Crippen LogP contribution in [0.3, 0.4) is 0 Å². The van der Waals surface area contributed by atoms with Gasteiger partial charge >= 0.3 is 0 Å². The summed E-state index contributed by atoms with van der Waals surface area (Å²) < 4.78 is 0. The largest absolute Gasteiger partial charge is 0.289 e. The van der Waals surface area contributed by atoms with E-state index in [0.717, 1.165) is 27.3 Å². The molecule has 1 aliphatic rings. The number of carbonyl (C=O) groups is 1. The molecule has 4 rings (SSSR count). The molecule has 0 atom stereocenters. The van der Waals surface area contributed by atoms with Crippen LogP contribution in [0.4, 0.5) is 0 Å². The van der Waals surface area contributed by atoms with E-state index >= 15 is 0 Å². The normalized spacial score (nSPS) is 16.0. The third-order valence-electron chi connectivity index (χ3n) is 3.92. The predicted octanol–water partition coefficient (Wildman–Crippen LogP) is 5.21. The van der Waals surface area contributed by atoms with Gasteiger partial charge in [-0.05, 0) is 40.6 Å². The van der Waals surface area contributed by atoms with Crippen molar-refractivity contribution in [3.05, 3.63) is 83.4 Å². The highest BCUT2D eigenvalue weighted by molar-refractivity contribution is 7.99. The van der Waals surface area contributed by atoms with Crippen LogP contribution in [0.25, 0.3) is 16.8 Å². The fraction of sp³-hybridized carbons (Fsp3) is 0.0500. The van der Waals surface area contributed by atoms with Gasteiger partial charge in [0.1, 0.15) is 0 Å². The molecule has 0 aliphatic carbocycles. The SMILES string of the molecule is O=C1/C(=C\c2ccc3ccccc3c2)CSc2ccccc21. The second-order valence-electron chi connectivity index (χ2n) is 5.39. The zero-order valence-electron chi connectivity index (χ0n) is 12.0. The summed E-state index contributed by atoms with van der Waals surface area (Å²) in [6, 6.07) is 22.4. The van der Waals surface area contributed by atoms with Crippen LogP contribution in [0.1, 0.15) is 15.9 Å². The van der Waals surface area contributed by atoms with Crippen molar-refractivity contribution in [2.75, 3.05) is 5.75 Å². The number of hydrogen-bond acceptors (Lipinski definition) is 2. The molecule has 0 N–H and O–H groups in total. The molecule has 0 spiro atoms. The minimum absolute atomic E-state index is 0.155. The van der Waals surface area contributed by atoms with Gasteiger partial charge in [0.2, 0.25) is 0 Å². The maximum atomic E-state index is 12.6. The Bertz CT molecular complexity index is 908. The van der Waals surface area contributed by atoms with Gasteiger partial charge in [-0.25, -0.2) is 0 Å². The maximum Gasteiger partial charge on any atom is 0.191 e. The molecule has 1 aliphatic heterocycles. The van der Waals surface area contributed by atoms with E-state index in [1.165, 1.54) is 10.8 Å². The molecule has 0 unspecified atom stereocenters. The fourth-order valence-corrected chi connectivity index (χ4v) is 3.80. The van der Waals surface area contributed by atoms with Crippen LogP contribution >= 0.6 is 11.8 Å². The highest BCUT2D eigenvalue weighted by Gasteiger charge is 2.21. The molecule has 0 saturated carbocycles. The second-order valence-corrected chi connectivity index (χ2v) is 6.41. The zero-order valence-corrected chi connectivity index (χ0v) is 12.8. The molecule has 1 heterocycles. The fourth-order valence-electron chi connectivity index (χ4n) is 2.78. The molecule has 0 saturated heterocycles. The first-order chi connectivity index (χ1) is 10.8. The van der Waals surface area contributed by atoms with Crippen LogP contribution in [0.5, 0.6) is 0 Å². The third kappa shape index (κ3) is 2.36. The number of carbonyl (C=O) groups excluding carboxylic acids is 1. The van der Waals surface area contributed by atoms with Crippen molar-refractivity contribution in [3.63, 3.8) is 0 Å². The summed E-state index contributed by atoms with van der Waals surface area (Å²) >= 11 is 1.73. The Morgan fingerprint density at radius 1 is 0.864 bits per heavy atom.